The minimum atomic E-state index is -0.516. The Morgan fingerprint density at radius 1 is 1.04 bits per heavy atom. The molecule has 0 radical (unpaired) electrons. The van der Waals surface area contributed by atoms with Gasteiger partial charge in [0.05, 0.1) is 11.1 Å². The molecular weight excluding hydrogens is 367 g/mol. The van der Waals surface area contributed by atoms with Gasteiger partial charge in [0.2, 0.25) is 0 Å². The molecule has 3 rings (SSSR count). The number of rotatable bonds is 3. The fraction of sp³-hybridized carbons (Fsp3) is 0.105. The van der Waals surface area contributed by atoms with Crippen molar-refractivity contribution in [1.82, 2.24) is 20.4 Å². The summed E-state index contributed by atoms with van der Waals surface area (Å²) in [5.74, 6) is -1.31. The van der Waals surface area contributed by atoms with Gasteiger partial charge < -0.3 is 9.55 Å². The minimum Gasteiger partial charge on any atom is -0.352 e. The maximum absolute atomic E-state index is 13.2. The van der Waals surface area contributed by atoms with Gasteiger partial charge in [-0.1, -0.05) is 12.2 Å². The second-order valence-electron chi connectivity index (χ2n) is 5.92. The zero-order valence-corrected chi connectivity index (χ0v) is 15.5. The molecule has 6 nitrogen and oxygen atoms in total. The Kier molecular flexibility index (Phi) is 5.18. The molecule has 0 saturated carbocycles. The van der Waals surface area contributed by atoms with Crippen molar-refractivity contribution in [1.29, 1.82) is 0 Å². The first kappa shape index (κ1) is 18.5. The van der Waals surface area contributed by atoms with Crippen LogP contribution in [0, 0.1) is 24.3 Å². The molecule has 138 valence electrons. The van der Waals surface area contributed by atoms with Gasteiger partial charge in [0.1, 0.15) is 10.5 Å². The smallest absolute Gasteiger partial charge is 0.272 e. The number of hydrazine groups is 1. The van der Waals surface area contributed by atoms with E-state index in [2.05, 4.69) is 15.8 Å². The molecule has 2 aromatic heterocycles. The summed E-state index contributed by atoms with van der Waals surface area (Å²) in [6, 6.07) is 10.9. The van der Waals surface area contributed by atoms with Crippen molar-refractivity contribution in [3.63, 3.8) is 0 Å². The maximum atomic E-state index is 13.2. The zero-order chi connectivity index (χ0) is 19.6. The van der Waals surface area contributed by atoms with Crippen molar-refractivity contribution in [2.75, 3.05) is 0 Å². The van der Waals surface area contributed by atoms with Crippen molar-refractivity contribution in [2.45, 2.75) is 13.8 Å². The number of H-pyrrole nitrogens is 1. The van der Waals surface area contributed by atoms with Gasteiger partial charge in [-0.05, 0) is 56.3 Å². The van der Waals surface area contributed by atoms with Crippen molar-refractivity contribution in [3.05, 3.63) is 81.6 Å². The highest BCUT2D eigenvalue weighted by Crippen LogP contribution is 2.21. The highest BCUT2D eigenvalue weighted by atomic mass is 32.1. The monoisotopic (exact) mass is 384 g/mol. The number of amides is 2. The molecule has 27 heavy (non-hydrogen) atoms. The van der Waals surface area contributed by atoms with E-state index in [9.17, 15) is 14.0 Å². The molecule has 1 aromatic carbocycles. The number of aromatic nitrogens is 2. The van der Waals surface area contributed by atoms with E-state index in [0.717, 1.165) is 11.4 Å². The Hall–Kier alpha value is -3.26. The number of nitrogens with one attached hydrogen (secondary N) is 3. The summed E-state index contributed by atoms with van der Waals surface area (Å²) in [6.07, 6.45) is 1.61. The third kappa shape index (κ3) is 3.80. The molecule has 0 spiro atoms. The number of nitrogens with zero attached hydrogens (tertiary/aromatic N) is 1. The topological polar surface area (TPSA) is 78.9 Å². The summed E-state index contributed by atoms with van der Waals surface area (Å²) in [4.78, 5) is 27.4. The average molecular weight is 384 g/mol. The average Bonchev–Trinajstić information content (AvgIpc) is 2.95. The fourth-order valence-electron chi connectivity index (χ4n) is 2.83. The van der Waals surface area contributed by atoms with Gasteiger partial charge in [0.15, 0.2) is 0 Å². The Morgan fingerprint density at radius 2 is 1.67 bits per heavy atom. The van der Waals surface area contributed by atoms with Crippen molar-refractivity contribution in [3.8, 4) is 5.69 Å². The second-order valence-corrected chi connectivity index (χ2v) is 6.33. The summed E-state index contributed by atoms with van der Waals surface area (Å²) >= 11 is 5.05. The third-order valence-electron chi connectivity index (χ3n) is 4.11. The van der Waals surface area contributed by atoms with Crippen LogP contribution in [0.25, 0.3) is 5.69 Å². The van der Waals surface area contributed by atoms with Crippen molar-refractivity contribution < 1.29 is 14.0 Å². The maximum Gasteiger partial charge on any atom is 0.272 e. The first-order valence-corrected chi connectivity index (χ1v) is 8.52. The van der Waals surface area contributed by atoms with Crippen LogP contribution in [0.1, 0.15) is 32.1 Å². The molecule has 0 fully saturated rings. The highest BCUT2D eigenvalue weighted by molar-refractivity contribution is 7.71. The largest absolute Gasteiger partial charge is 0.352 e. The van der Waals surface area contributed by atoms with E-state index in [1.54, 1.807) is 43.5 Å². The number of carbonyl (C=O) groups excluding carboxylic acids is 2. The van der Waals surface area contributed by atoms with Crippen LogP contribution in [0.15, 0.2) is 48.7 Å². The van der Waals surface area contributed by atoms with E-state index in [-0.39, 0.29) is 16.0 Å². The number of carbonyl (C=O) groups is 2. The van der Waals surface area contributed by atoms with Crippen LogP contribution in [0.5, 0.6) is 0 Å². The number of halogens is 1. The first-order chi connectivity index (χ1) is 12.9. The Labute approximate surface area is 160 Å². The molecule has 3 N–H and O–H groups in total. The van der Waals surface area contributed by atoms with Crippen LogP contribution in [-0.2, 0) is 0 Å². The van der Waals surface area contributed by atoms with E-state index in [0.29, 0.717) is 11.3 Å². The molecular formula is C19H17FN4O2S. The SMILES string of the molecule is Cc1cc(C(=O)NNC(=O)c2ccc[nH]c2=S)c(C)n1-c1ccc(F)cc1. The van der Waals surface area contributed by atoms with Gasteiger partial charge in [0.25, 0.3) is 11.8 Å². The molecule has 0 aliphatic carbocycles. The van der Waals surface area contributed by atoms with Crippen LogP contribution in [0.4, 0.5) is 4.39 Å². The standard InChI is InChI=1S/C19H17FN4O2S/c1-11-10-16(12(2)24(11)14-7-5-13(20)6-8-14)18(26)23-22-17(25)15-4-3-9-21-19(15)27/h3-10H,1-2H3,(H,21,27)(H,22,25)(H,23,26). The lowest BCUT2D eigenvalue weighted by atomic mass is 10.2. The van der Waals surface area contributed by atoms with E-state index in [1.807, 2.05) is 11.5 Å². The lowest BCUT2D eigenvalue weighted by Gasteiger charge is -2.10. The predicted molar refractivity (Wildman–Crippen MR) is 102 cm³/mol. The number of hydrogen-bond donors (Lipinski definition) is 3. The van der Waals surface area contributed by atoms with Gasteiger partial charge in [-0.3, -0.25) is 20.4 Å². The Morgan fingerprint density at radius 3 is 2.30 bits per heavy atom. The third-order valence-corrected chi connectivity index (χ3v) is 4.45. The fourth-order valence-corrected chi connectivity index (χ4v) is 3.06. The minimum absolute atomic E-state index is 0.254. The van der Waals surface area contributed by atoms with Gasteiger partial charge in [-0.2, -0.15) is 0 Å². The van der Waals surface area contributed by atoms with E-state index in [1.165, 1.54) is 12.1 Å². The number of hydrogen-bond acceptors (Lipinski definition) is 3. The van der Waals surface area contributed by atoms with Gasteiger partial charge in [-0.15, -0.1) is 0 Å². The molecule has 0 atom stereocenters. The lowest BCUT2D eigenvalue weighted by Crippen LogP contribution is -2.41. The van der Waals surface area contributed by atoms with Crippen LogP contribution < -0.4 is 10.9 Å². The normalized spacial score (nSPS) is 10.5. The summed E-state index contributed by atoms with van der Waals surface area (Å²) in [7, 11) is 0. The highest BCUT2D eigenvalue weighted by Gasteiger charge is 2.17. The van der Waals surface area contributed by atoms with Crippen LogP contribution >= 0.6 is 12.2 Å². The number of pyridine rings is 1. The molecule has 2 amide bonds. The lowest BCUT2D eigenvalue weighted by molar-refractivity contribution is 0.0846. The van der Waals surface area contributed by atoms with Crippen LogP contribution in [0.3, 0.4) is 0 Å². The quantitative estimate of drug-likeness (QED) is 0.479. The molecule has 0 bridgehead atoms. The first-order valence-electron chi connectivity index (χ1n) is 8.11. The van der Waals surface area contributed by atoms with Gasteiger partial charge in [-0.25, -0.2) is 4.39 Å². The van der Waals surface area contributed by atoms with Crippen molar-refractivity contribution >= 4 is 24.0 Å². The summed E-state index contributed by atoms with van der Waals surface area (Å²) in [6.45, 7) is 3.62. The zero-order valence-electron chi connectivity index (χ0n) is 14.7. The van der Waals surface area contributed by atoms with E-state index in [4.69, 9.17) is 12.2 Å². The second kappa shape index (κ2) is 7.55. The van der Waals surface area contributed by atoms with Gasteiger partial charge >= 0.3 is 0 Å². The molecule has 0 saturated heterocycles. The van der Waals surface area contributed by atoms with E-state index >= 15 is 0 Å². The molecule has 2 heterocycles. The van der Waals surface area contributed by atoms with Crippen LogP contribution in [0.2, 0.25) is 0 Å². The van der Waals surface area contributed by atoms with Crippen molar-refractivity contribution in [2.24, 2.45) is 0 Å². The van der Waals surface area contributed by atoms with E-state index < -0.39 is 11.8 Å². The van der Waals surface area contributed by atoms with Gasteiger partial charge in [0, 0.05) is 23.3 Å². The predicted octanol–water partition coefficient (Wildman–Crippen LogP) is 3.37. The number of aryl methyl sites for hydroxylation is 1. The molecule has 0 aliphatic heterocycles. The molecule has 0 aliphatic rings. The number of benzene rings is 1. The summed E-state index contributed by atoms with van der Waals surface area (Å²) < 4.78 is 15.3. The summed E-state index contributed by atoms with van der Waals surface area (Å²) in [5.41, 5.74) is 7.62. The Bertz CT molecular complexity index is 1070. The Balaban J connectivity index is 1.79. The molecule has 3 aromatic rings. The summed E-state index contributed by atoms with van der Waals surface area (Å²) in [5, 5.41) is 0. The van der Waals surface area contributed by atoms with Crippen LogP contribution in [-0.4, -0.2) is 21.4 Å². The number of aromatic amines is 1. The molecule has 8 heteroatoms. The molecule has 0 unspecified atom stereocenters.